The SMILES string of the molecule is CCOC(=O)CC(=O)NCC(=O)NC. The standard InChI is InChI=1S/C8H14N2O4/c1-3-14-8(13)4-6(11)10-5-7(12)9-2/h3-5H2,1-2H3,(H,9,12)(H,10,11). The Hall–Kier alpha value is -1.59. The van der Waals surface area contributed by atoms with Gasteiger partial charge in [0.2, 0.25) is 11.8 Å². The maximum atomic E-state index is 11.0. The van der Waals surface area contributed by atoms with E-state index in [4.69, 9.17) is 0 Å². The molecule has 0 aliphatic heterocycles. The Labute approximate surface area is 82.0 Å². The van der Waals surface area contributed by atoms with Crippen LogP contribution in [0.25, 0.3) is 0 Å². The molecule has 0 aliphatic carbocycles. The molecule has 0 saturated heterocycles. The van der Waals surface area contributed by atoms with Gasteiger partial charge in [0.05, 0.1) is 13.2 Å². The van der Waals surface area contributed by atoms with Gasteiger partial charge in [-0.25, -0.2) is 0 Å². The number of carbonyl (C=O) groups is 3. The van der Waals surface area contributed by atoms with Crippen molar-refractivity contribution < 1.29 is 19.1 Å². The number of amides is 2. The van der Waals surface area contributed by atoms with Crippen LogP contribution in [-0.4, -0.2) is 38.0 Å². The molecular weight excluding hydrogens is 188 g/mol. The molecule has 2 amide bonds. The summed E-state index contributed by atoms with van der Waals surface area (Å²) < 4.78 is 4.55. The summed E-state index contributed by atoms with van der Waals surface area (Å²) in [7, 11) is 1.46. The summed E-state index contributed by atoms with van der Waals surface area (Å²) in [5.41, 5.74) is 0. The van der Waals surface area contributed by atoms with E-state index in [2.05, 4.69) is 15.4 Å². The predicted molar refractivity (Wildman–Crippen MR) is 48.3 cm³/mol. The first-order chi connectivity index (χ1) is 6.60. The zero-order chi connectivity index (χ0) is 11.0. The number of carbonyl (C=O) groups excluding carboxylic acids is 3. The lowest BCUT2D eigenvalue weighted by atomic mass is 10.4. The van der Waals surface area contributed by atoms with Gasteiger partial charge in [-0.1, -0.05) is 0 Å². The Kier molecular flexibility index (Phi) is 6.09. The average molecular weight is 202 g/mol. The second kappa shape index (κ2) is 6.88. The molecule has 0 saturated carbocycles. The number of likely N-dealkylation sites (N-methyl/N-ethyl adjacent to an activating group) is 1. The Morgan fingerprint density at radius 1 is 1.21 bits per heavy atom. The van der Waals surface area contributed by atoms with Crippen molar-refractivity contribution in [2.24, 2.45) is 0 Å². The average Bonchev–Trinajstić information content (AvgIpc) is 2.14. The molecule has 6 nitrogen and oxygen atoms in total. The normalized spacial score (nSPS) is 9.00. The Balaban J connectivity index is 3.65. The minimum Gasteiger partial charge on any atom is -0.466 e. The van der Waals surface area contributed by atoms with Crippen molar-refractivity contribution in [1.29, 1.82) is 0 Å². The monoisotopic (exact) mass is 202 g/mol. The highest BCUT2D eigenvalue weighted by atomic mass is 16.5. The van der Waals surface area contributed by atoms with E-state index in [0.29, 0.717) is 0 Å². The third kappa shape index (κ3) is 5.99. The maximum absolute atomic E-state index is 11.0. The molecule has 14 heavy (non-hydrogen) atoms. The molecule has 0 aromatic heterocycles. The summed E-state index contributed by atoms with van der Waals surface area (Å²) in [5.74, 6) is -1.43. The molecule has 80 valence electrons. The van der Waals surface area contributed by atoms with Crippen molar-refractivity contribution in [1.82, 2.24) is 10.6 Å². The lowest BCUT2D eigenvalue weighted by Crippen LogP contribution is -2.36. The first-order valence-corrected chi connectivity index (χ1v) is 4.23. The second-order valence-electron chi connectivity index (χ2n) is 2.43. The summed E-state index contributed by atoms with van der Waals surface area (Å²) >= 11 is 0. The fraction of sp³-hybridized carbons (Fsp3) is 0.625. The third-order valence-corrected chi connectivity index (χ3v) is 1.34. The molecule has 0 atom stereocenters. The second-order valence-corrected chi connectivity index (χ2v) is 2.43. The molecule has 6 heteroatoms. The molecule has 2 N–H and O–H groups in total. The third-order valence-electron chi connectivity index (χ3n) is 1.34. The van der Waals surface area contributed by atoms with Crippen LogP contribution in [0.15, 0.2) is 0 Å². The number of esters is 1. The number of nitrogens with one attached hydrogen (secondary N) is 2. The first kappa shape index (κ1) is 12.4. The number of hydrogen-bond donors (Lipinski definition) is 2. The van der Waals surface area contributed by atoms with Crippen LogP contribution >= 0.6 is 0 Å². The first-order valence-electron chi connectivity index (χ1n) is 4.23. The van der Waals surface area contributed by atoms with Crippen LogP contribution < -0.4 is 10.6 Å². The summed E-state index contributed by atoms with van der Waals surface area (Å²) in [6.07, 6.45) is -0.356. The fourth-order valence-corrected chi connectivity index (χ4v) is 0.673. The molecule has 0 unspecified atom stereocenters. The summed E-state index contributed by atoms with van der Waals surface area (Å²) in [6, 6.07) is 0. The van der Waals surface area contributed by atoms with E-state index >= 15 is 0 Å². The predicted octanol–water partition coefficient (Wildman–Crippen LogP) is -1.20. The molecule has 0 bridgehead atoms. The van der Waals surface area contributed by atoms with Crippen LogP contribution in [0, 0.1) is 0 Å². The zero-order valence-electron chi connectivity index (χ0n) is 8.25. The minimum absolute atomic E-state index is 0.130. The van der Waals surface area contributed by atoms with Gasteiger partial charge in [0.15, 0.2) is 0 Å². The number of ether oxygens (including phenoxy) is 1. The van der Waals surface area contributed by atoms with E-state index in [1.54, 1.807) is 6.92 Å². The van der Waals surface area contributed by atoms with Gasteiger partial charge < -0.3 is 15.4 Å². The quantitative estimate of drug-likeness (QED) is 0.433. The molecule has 0 rings (SSSR count). The Morgan fingerprint density at radius 2 is 1.86 bits per heavy atom. The molecule has 0 aliphatic rings. The molecule has 0 heterocycles. The molecule has 0 aromatic carbocycles. The molecule has 0 aromatic rings. The topological polar surface area (TPSA) is 84.5 Å². The molecule has 0 spiro atoms. The summed E-state index contributed by atoms with van der Waals surface area (Å²) in [4.78, 5) is 32.4. The van der Waals surface area contributed by atoms with Crippen molar-refractivity contribution in [3.8, 4) is 0 Å². The maximum Gasteiger partial charge on any atom is 0.315 e. The van der Waals surface area contributed by atoms with E-state index in [0.717, 1.165) is 0 Å². The Morgan fingerprint density at radius 3 is 2.36 bits per heavy atom. The lowest BCUT2D eigenvalue weighted by Gasteiger charge is -2.03. The van der Waals surface area contributed by atoms with Gasteiger partial charge in [-0.15, -0.1) is 0 Å². The highest BCUT2D eigenvalue weighted by Gasteiger charge is 2.10. The van der Waals surface area contributed by atoms with Gasteiger partial charge in [-0.2, -0.15) is 0 Å². The molecular formula is C8H14N2O4. The van der Waals surface area contributed by atoms with Crippen molar-refractivity contribution in [2.45, 2.75) is 13.3 Å². The highest BCUT2D eigenvalue weighted by molar-refractivity contribution is 5.95. The van der Waals surface area contributed by atoms with Crippen LogP contribution in [0.4, 0.5) is 0 Å². The smallest absolute Gasteiger partial charge is 0.315 e. The van der Waals surface area contributed by atoms with Crippen LogP contribution in [0.2, 0.25) is 0 Å². The van der Waals surface area contributed by atoms with Crippen LogP contribution in [-0.2, 0) is 19.1 Å². The largest absolute Gasteiger partial charge is 0.466 e. The zero-order valence-corrected chi connectivity index (χ0v) is 8.25. The highest BCUT2D eigenvalue weighted by Crippen LogP contribution is 1.85. The van der Waals surface area contributed by atoms with Crippen LogP contribution in [0.1, 0.15) is 13.3 Å². The van der Waals surface area contributed by atoms with Crippen molar-refractivity contribution >= 4 is 17.8 Å². The summed E-state index contributed by atoms with van der Waals surface area (Å²) in [5, 5.41) is 4.60. The van der Waals surface area contributed by atoms with Gasteiger partial charge in [-0.3, -0.25) is 14.4 Å². The van der Waals surface area contributed by atoms with Gasteiger partial charge in [0, 0.05) is 7.05 Å². The van der Waals surface area contributed by atoms with Gasteiger partial charge in [0.25, 0.3) is 0 Å². The van der Waals surface area contributed by atoms with Gasteiger partial charge in [-0.05, 0) is 6.92 Å². The Bertz CT molecular complexity index is 227. The fourth-order valence-electron chi connectivity index (χ4n) is 0.673. The van der Waals surface area contributed by atoms with E-state index in [1.807, 2.05) is 0 Å². The molecule has 0 fully saturated rings. The van der Waals surface area contributed by atoms with Crippen molar-refractivity contribution in [3.63, 3.8) is 0 Å². The lowest BCUT2D eigenvalue weighted by molar-refractivity contribution is -0.146. The van der Waals surface area contributed by atoms with Gasteiger partial charge >= 0.3 is 5.97 Å². The minimum atomic E-state index is -0.595. The van der Waals surface area contributed by atoms with Crippen LogP contribution in [0.5, 0.6) is 0 Å². The van der Waals surface area contributed by atoms with Gasteiger partial charge in [0.1, 0.15) is 6.42 Å². The van der Waals surface area contributed by atoms with Crippen molar-refractivity contribution in [2.75, 3.05) is 20.2 Å². The van der Waals surface area contributed by atoms with E-state index in [9.17, 15) is 14.4 Å². The van der Waals surface area contributed by atoms with Crippen molar-refractivity contribution in [3.05, 3.63) is 0 Å². The van der Waals surface area contributed by atoms with E-state index in [1.165, 1.54) is 7.05 Å². The van der Waals surface area contributed by atoms with Crippen LogP contribution in [0.3, 0.4) is 0 Å². The van der Waals surface area contributed by atoms with E-state index < -0.39 is 11.9 Å². The van der Waals surface area contributed by atoms with E-state index in [-0.39, 0.29) is 25.5 Å². The number of hydrogen-bond acceptors (Lipinski definition) is 4. The number of rotatable bonds is 5. The molecule has 0 radical (unpaired) electrons. The summed E-state index contributed by atoms with van der Waals surface area (Å²) in [6.45, 7) is 1.76.